The Hall–Kier alpha value is -2.49. The normalized spacial score (nSPS) is 10.2. The lowest BCUT2D eigenvalue weighted by atomic mass is 10.2. The SMILES string of the molecule is Cc1ccccc1OCCN(C)C(=O)c1ccc(N)cc1. The lowest BCUT2D eigenvalue weighted by Crippen LogP contribution is -2.30. The van der Waals surface area contributed by atoms with Gasteiger partial charge in [0.15, 0.2) is 0 Å². The van der Waals surface area contributed by atoms with Crippen molar-refractivity contribution in [3.05, 3.63) is 59.7 Å². The van der Waals surface area contributed by atoms with Gasteiger partial charge in [-0.05, 0) is 42.8 Å². The van der Waals surface area contributed by atoms with Gasteiger partial charge in [-0.25, -0.2) is 0 Å². The third-order valence-electron chi connectivity index (χ3n) is 3.28. The van der Waals surface area contributed by atoms with E-state index in [1.807, 2.05) is 31.2 Å². The number of nitrogens with two attached hydrogens (primary N) is 1. The van der Waals surface area contributed by atoms with Gasteiger partial charge in [0.2, 0.25) is 0 Å². The van der Waals surface area contributed by atoms with E-state index in [2.05, 4.69) is 0 Å². The number of nitrogens with zero attached hydrogens (tertiary/aromatic N) is 1. The summed E-state index contributed by atoms with van der Waals surface area (Å²) in [4.78, 5) is 13.8. The molecule has 0 saturated heterocycles. The van der Waals surface area contributed by atoms with Crippen molar-refractivity contribution in [1.82, 2.24) is 4.90 Å². The molecule has 0 fully saturated rings. The summed E-state index contributed by atoms with van der Waals surface area (Å²) in [6.07, 6.45) is 0. The molecule has 4 heteroatoms. The second kappa shape index (κ2) is 6.79. The molecule has 0 aliphatic heterocycles. The predicted molar refractivity (Wildman–Crippen MR) is 84.5 cm³/mol. The molecule has 2 N–H and O–H groups in total. The minimum atomic E-state index is -0.0385. The van der Waals surface area contributed by atoms with Gasteiger partial charge in [-0.1, -0.05) is 18.2 Å². The molecule has 21 heavy (non-hydrogen) atoms. The Morgan fingerprint density at radius 1 is 1.14 bits per heavy atom. The van der Waals surface area contributed by atoms with Crippen LogP contribution >= 0.6 is 0 Å². The highest BCUT2D eigenvalue weighted by Gasteiger charge is 2.11. The van der Waals surface area contributed by atoms with Crippen LogP contribution in [0.25, 0.3) is 0 Å². The van der Waals surface area contributed by atoms with Gasteiger partial charge in [0.1, 0.15) is 12.4 Å². The van der Waals surface area contributed by atoms with Gasteiger partial charge in [-0.15, -0.1) is 0 Å². The number of carbonyl (C=O) groups excluding carboxylic acids is 1. The zero-order valence-corrected chi connectivity index (χ0v) is 12.4. The van der Waals surface area contributed by atoms with Crippen LogP contribution in [0.3, 0.4) is 0 Å². The Morgan fingerprint density at radius 3 is 2.48 bits per heavy atom. The molecule has 0 unspecified atom stereocenters. The third-order valence-corrected chi connectivity index (χ3v) is 3.28. The minimum absolute atomic E-state index is 0.0385. The predicted octanol–water partition coefficient (Wildman–Crippen LogP) is 2.73. The molecular formula is C17H20N2O2. The lowest BCUT2D eigenvalue weighted by molar-refractivity contribution is 0.0773. The van der Waals surface area contributed by atoms with Crippen molar-refractivity contribution in [2.45, 2.75) is 6.92 Å². The molecule has 0 aromatic heterocycles. The van der Waals surface area contributed by atoms with Crippen LogP contribution in [0.15, 0.2) is 48.5 Å². The van der Waals surface area contributed by atoms with E-state index < -0.39 is 0 Å². The van der Waals surface area contributed by atoms with Crippen molar-refractivity contribution < 1.29 is 9.53 Å². The van der Waals surface area contributed by atoms with Crippen molar-refractivity contribution in [3.8, 4) is 5.75 Å². The molecule has 0 atom stereocenters. The monoisotopic (exact) mass is 284 g/mol. The van der Waals surface area contributed by atoms with Crippen LogP contribution in [0, 0.1) is 6.92 Å². The first-order valence-corrected chi connectivity index (χ1v) is 6.87. The number of nitrogen functional groups attached to an aromatic ring is 1. The van der Waals surface area contributed by atoms with Gasteiger partial charge in [0, 0.05) is 18.3 Å². The van der Waals surface area contributed by atoms with Crippen molar-refractivity contribution in [2.24, 2.45) is 0 Å². The second-order valence-electron chi connectivity index (χ2n) is 4.96. The summed E-state index contributed by atoms with van der Waals surface area (Å²) in [6.45, 7) is 2.98. The number of amides is 1. The molecule has 0 saturated carbocycles. The van der Waals surface area contributed by atoms with Crippen LogP contribution < -0.4 is 10.5 Å². The van der Waals surface area contributed by atoms with Crippen LogP contribution in [0.4, 0.5) is 5.69 Å². The molecule has 0 spiro atoms. The van der Waals surface area contributed by atoms with Crippen LogP contribution in [0.5, 0.6) is 5.75 Å². The summed E-state index contributed by atoms with van der Waals surface area (Å²) in [5.74, 6) is 0.814. The molecule has 0 radical (unpaired) electrons. The molecule has 2 aromatic rings. The number of para-hydroxylation sites is 1. The summed E-state index contributed by atoms with van der Waals surface area (Å²) in [7, 11) is 1.76. The Balaban J connectivity index is 1.87. The van der Waals surface area contributed by atoms with Crippen LogP contribution in [0.2, 0.25) is 0 Å². The summed E-state index contributed by atoms with van der Waals surface area (Å²) in [6, 6.07) is 14.8. The summed E-state index contributed by atoms with van der Waals surface area (Å²) < 4.78 is 5.70. The van der Waals surface area contributed by atoms with Crippen molar-refractivity contribution >= 4 is 11.6 Å². The van der Waals surface area contributed by atoms with Crippen LogP contribution in [-0.2, 0) is 0 Å². The fourth-order valence-electron chi connectivity index (χ4n) is 1.96. The molecule has 0 aliphatic rings. The Morgan fingerprint density at radius 2 is 1.81 bits per heavy atom. The molecule has 0 aliphatic carbocycles. The van der Waals surface area contributed by atoms with E-state index in [-0.39, 0.29) is 5.91 Å². The average Bonchev–Trinajstić information content (AvgIpc) is 2.49. The average molecular weight is 284 g/mol. The van der Waals surface area contributed by atoms with E-state index in [0.717, 1.165) is 11.3 Å². The lowest BCUT2D eigenvalue weighted by Gasteiger charge is -2.18. The van der Waals surface area contributed by atoms with Gasteiger partial charge >= 0.3 is 0 Å². The van der Waals surface area contributed by atoms with Gasteiger partial charge in [0.25, 0.3) is 5.91 Å². The first-order valence-electron chi connectivity index (χ1n) is 6.87. The number of likely N-dealkylation sites (N-methyl/N-ethyl adjacent to an activating group) is 1. The zero-order chi connectivity index (χ0) is 15.2. The number of aryl methyl sites for hydroxylation is 1. The quantitative estimate of drug-likeness (QED) is 0.859. The molecule has 2 rings (SSSR count). The fraction of sp³-hybridized carbons (Fsp3) is 0.235. The van der Waals surface area contributed by atoms with Gasteiger partial charge in [-0.3, -0.25) is 4.79 Å². The maximum atomic E-state index is 12.2. The molecule has 4 nitrogen and oxygen atoms in total. The highest BCUT2D eigenvalue weighted by Crippen LogP contribution is 2.16. The smallest absolute Gasteiger partial charge is 0.253 e. The number of rotatable bonds is 5. The summed E-state index contributed by atoms with van der Waals surface area (Å²) in [5, 5.41) is 0. The molecule has 110 valence electrons. The fourth-order valence-corrected chi connectivity index (χ4v) is 1.96. The van der Waals surface area contributed by atoms with Crippen LogP contribution in [0.1, 0.15) is 15.9 Å². The Bertz CT molecular complexity index is 608. The molecular weight excluding hydrogens is 264 g/mol. The van der Waals surface area contributed by atoms with E-state index in [9.17, 15) is 4.79 Å². The van der Waals surface area contributed by atoms with E-state index in [4.69, 9.17) is 10.5 Å². The van der Waals surface area contributed by atoms with E-state index in [1.54, 1.807) is 36.2 Å². The number of hydrogen-bond donors (Lipinski definition) is 1. The number of ether oxygens (including phenoxy) is 1. The van der Waals surface area contributed by atoms with E-state index in [0.29, 0.717) is 24.4 Å². The standard InChI is InChI=1S/C17H20N2O2/c1-13-5-3-4-6-16(13)21-12-11-19(2)17(20)14-7-9-15(18)10-8-14/h3-10H,11-12,18H2,1-2H3. The highest BCUT2D eigenvalue weighted by molar-refractivity contribution is 5.94. The number of hydrogen-bond acceptors (Lipinski definition) is 3. The second-order valence-corrected chi connectivity index (χ2v) is 4.96. The number of carbonyl (C=O) groups is 1. The molecule has 0 bridgehead atoms. The topological polar surface area (TPSA) is 55.6 Å². The van der Waals surface area contributed by atoms with Gasteiger partial charge in [-0.2, -0.15) is 0 Å². The molecule has 0 heterocycles. The third kappa shape index (κ3) is 3.99. The minimum Gasteiger partial charge on any atom is -0.491 e. The Kier molecular flexibility index (Phi) is 4.82. The van der Waals surface area contributed by atoms with Crippen molar-refractivity contribution in [3.63, 3.8) is 0 Å². The summed E-state index contributed by atoms with van der Waals surface area (Å²) >= 11 is 0. The molecule has 1 amide bonds. The van der Waals surface area contributed by atoms with Gasteiger partial charge < -0.3 is 15.4 Å². The maximum Gasteiger partial charge on any atom is 0.253 e. The van der Waals surface area contributed by atoms with E-state index in [1.165, 1.54) is 0 Å². The highest BCUT2D eigenvalue weighted by atomic mass is 16.5. The number of benzene rings is 2. The first-order chi connectivity index (χ1) is 10.1. The first kappa shape index (κ1) is 14.9. The number of anilines is 1. The van der Waals surface area contributed by atoms with Crippen molar-refractivity contribution in [2.75, 3.05) is 25.9 Å². The largest absolute Gasteiger partial charge is 0.491 e. The summed E-state index contributed by atoms with van der Waals surface area (Å²) in [5.41, 5.74) is 7.98. The van der Waals surface area contributed by atoms with E-state index >= 15 is 0 Å². The maximum absolute atomic E-state index is 12.2. The van der Waals surface area contributed by atoms with Gasteiger partial charge in [0.05, 0.1) is 6.54 Å². The zero-order valence-electron chi connectivity index (χ0n) is 12.4. The Labute approximate surface area is 125 Å². The molecule has 2 aromatic carbocycles. The van der Waals surface area contributed by atoms with Crippen molar-refractivity contribution in [1.29, 1.82) is 0 Å². The van der Waals surface area contributed by atoms with Crippen LogP contribution in [-0.4, -0.2) is 31.0 Å².